The van der Waals surface area contributed by atoms with Gasteiger partial charge in [-0.1, -0.05) is 40.2 Å². The topological polar surface area (TPSA) is 9.23 Å². The van der Waals surface area contributed by atoms with Gasteiger partial charge in [-0.05, 0) is 42.2 Å². The van der Waals surface area contributed by atoms with Gasteiger partial charge in [0.25, 0.3) is 0 Å². The van der Waals surface area contributed by atoms with Crippen molar-refractivity contribution in [1.82, 2.24) is 0 Å². The van der Waals surface area contributed by atoms with E-state index in [2.05, 4.69) is 52.1 Å². The monoisotopic (exact) mass is 266 g/mol. The number of thioether (sulfide) groups is 1. The largest absolute Gasteiger partial charge is 0.492 e. The summed E-state index contributed by atoms with van der Waals surface area (Å²) in [6.07, 6.45) is 5.56. The number of rotatable bonds is 7. The van der Waals surface area contributed by atoms with E-state index in [0.29, 0.717) is 0 Å². The van der Waals surface area contributed by atoms with Crippen molar-refractivity contribution in [3.8, 4) is 5.75 Å². The van der Waals surface area contributed by atoms with Crippen molar-refractivity contribution in [2.24, 2.45) is 0 Å². The first kappa shape index (κ1) is 15.4. The van der Waals surface area contributed by atoms with Gasteiger partial charge in [-0.25, -0.2) is 0 Å². The molecule has 0 N–H and O–H groups in total. The SMILES string of the molecule is CCCCOc1ccc(C(C)(C)CC)cc1SC. The molecule has 0 aliphatic heterocycles. The van der Waals surface area contributed by atoms with Crippen LogP contribution < -0.4 is 4.74 Å². The minimum atomic E-state index is 0.242. The molecule has 0 aliphatic rings. The molecule has 0 aromatic heterocycles. The molecule has 0 aliphatic carbocycles. The Kier molecular flexibility index (Phi) is 6.07. The first-order valence-electron chi connectivity index (χ1n) is 6.86. The first-order chi connectivity index (χ1) is 8.55. The van der Waals surface area contributed by atoms with Crippen LogP contribution in [0.4, 0.5) is 0 Å². The van der Waals surface area contributed by atoms with Crippen LogP contribution in [0.3, 0.4) is 0 Å². The lowest BCUT2D eigenvalue weighted by molar-refractivity contribution is 0.302. The second-order valence-corrected chi connectivity index (χ2v) is 6.15. The van der Waals surface area contributed by atoms with Crippen molar-refractivity contribution in [2.75, 3.05) is 12.9 Å². The first-order valence-corrected chi connectivity index (χ1v) is 8.09. The quantitative estimate of drug-likeness (QED) is 0.491. The van der Waals surface area contributed by atoms with Gasteiger partial charge in [0, 0.05) is 4.90 Å². The van der Waals surface area contributed by atoms with Crippen LogP contribution in [0.1, 0.15) is 52.5 Å². The molecule has 0 atom stereocenters. The third-order valence-electron chi connectivity index (χ3n) is 3.58. The van der Waals surface area contributed by atoms with E-state index >= 15 is 0 Å². The van der Waals surface area contributed by atoms with E-state index in [1.54, 1.807) is 11.8 Å². The fourth-order valence-electron chi connectivity index (χ4n) is 1.74. The van der Waals surface area contributed by atoms with Gasteiger partial charge in [0.2, 0.25) is 0 Å². The summed E-state index contributed by atoms with van der Waals surface area (Å²) in [4.78, 5) is 1.25. The predicted octanol–water partition coefficient (Wildman–Crippen LogP) is 5.28. The summed E-state index contributed by atoms with van der Waals surface area (Å²) in [5.41, 5.74) is 1.64. The average Bonchev–Trinajstić information content (AvgIpc) is 2.39. The van der Waals surface area contributed by atoms with Gasteiger partial charge in [-0.3, -0.25) is 0 Å². The predicted molar refractivity (Wildman–Crippen MR) is 81.9 cm³/mol. The van der Waals surface area contributed by atoms with Crippen LogP contribution in [-0.4, -0.2) is 12.9 Å². The molecule has 2 heteroatoms. The molecule has 0 saturated carbocycles. The molecule has 102 valence electrons. The van der Waals surface area contributed by atoms with E-state index in [1.165, 1.54) is 16.9 Å². The lowest BCUT2D eigenvalue weighted by atomic mass is 9.82. The summed E-state index contributed by atoms with van der Waals surface area (Å²) in [6, 6.07) is 6.63. The molecule has 0 heterocycles. The summed E-state index contributed by atoms with van der Waals surface area (Å²) >= 11 is 1.77. The number of benzene rings is 1. The van der Waals surface area contributed by atoms with Crippen LogP contribution in [0.5, 0.6) is 5.75 Å². The zero-order valence-corrected chi connectivity index (χ0v) is 13.2. The highest BCUT2D eigenvalue weighted by Gasteiger charge is 2.19. The normalized spacial score (nSPS) is 11.6. The number of ether oxygens (including phenoxy) is 1. The van der Waals surface area contributed by atoms with E-state index < -0.39 is 0 Å². The molecular formula is C16H26OS. The van der Waals surface area contributed by atoms with Crippen molar-refractivity contribution >= 4 is 11.8 Å². The molecule has 0 radical (unpaired) electrons. The zero-order valence-electron chi connectivity index (χ0n) is 12.4. The highest BCUT2D eigenvalue weighted by atomic mass is 32.2. The van der Waals surface area contributed by atoms with E-state index in [1.807, 2.05) is 0 Å². The molecule has 0 spiro atoms. The maximum atomic E-state index is 5.85. The zero-order chi connectivity index (χ0) is 13.6. The summed E-state index contributed by atoms with van der Waals surface area (Å²) < 4.78 is 5.85. The second-order valence-electron chi connectivity index (χ2n) is 5.31. The number of hydrogen-bond donors (Lipinski definition) is 0. The lowest BCUT2D eigenvalue weighted by Gasteiger charge is -2.24. The van der Waals surface area contributed by atoms with Gasteiger partial charge in [0.15, 0.2) is 0 Å². The molecule has 1 aromatic carbocycles. The van der Waals surface area contributed by atoms with Gasteiger partial charge >= 0.3 is 0 Å². The van der Waals surface area contributed by atoms with Crippen LogP contribution in [0.25, 0.3) is 0 Å². The number of hydrogen-bond acceptors (Lipinski definition) is 2. The van der Waals surface area contributed by atoms with Crippen LogP contribution in [0.15, 0.2) is 23.1 Å². The molecule has 18 heavy (non-hydrogen) atoms. The second kappa shape index (κ2) is 7.08. The molecule has 1 nitrogen and oxygen atoms in total. The Labute approximate surface area is 116 Å². The Morgan fingerprint density at radius 3 is 2.50 bits per heavy atom. The summed E-state index contributed by atoms with van der Waals surface area (Å²) in [5, 5.41) is 0. The van der Waals surface area contributed by atoms with Gasteiger partial charge in [0.05, 0.1) is 6.61 Å². The van der Waals surface area contributed by atoms with Crippen LogP contribution in [0, 0.1) is 0 Å². The van der Waals surface area contributed by atoms with Crippen LogP contribution >= 0.6 is 11.8 Å². The van der Waals surface area contributed by atoms with Crippen molar-refractivity contribution < 1.29 is 4.74 Å². The number of unbranched alkanes of at least 4 members (excludes halogenated alkanes) is 1. The van der Waals surface area contributed by atoms with Gasteiger partial charge in [-0.2, -0.15) is 0 Å². The van der Waals surface area contributed by atoms with Gasteiger partial charge in [0.1, 0.15) is 5.75 Å². The Balaban J connectivity index is 2.89. The minimum absolute atomic E-state index is 0.242. The lowest BCUT2D eigenvalue weighted by Crippen LogP contribution is -2.15. The van der Waals surface area contributed by atoms with Crippen molar-refractivity contribution in [3.63, 3.8) is 0 Å². The molecule has 0 unspecified atom stereocenters. The Bertz CT molecular complexity index is 371. The fourth-order valence-corrected chi connectivity index (χ4v) is 2.31. The van der Waals surface area contributed by atoms with Gasteiger partial charge < -0.3 is 4.74 Å². The maximum Gasteiger partial charge on any atom is 0.132 e. The van der Waals surface area contributed by atoms with Crippen molar-refractivity contribution in [3.05, 3.63) is 23.8 Å². The van der Waals surface area contributed by atoms with E-state index in [-0.39, 0.29) is 5.41 Å². The Morgan fingerprint density at radius 2 is 1.94 bits per heavy atom. The molecule has 0 fully saturated rings. The molecule has 0 amide bonds. The molecule has 1 rings (SSSR count). The van der Waals surface area contributed by atoms with E-state index in [9.17, 15) is 0 Å². The van der Waals surface area contributed by atoms with Crippen LogP contribution in [-0.2, 0) is 5.41 Å². The third-order valence-corrected chi connectivity index (χ3v) is 4.34. The van der Waals surface area contributed by atoms with E-state index in [0.717, 1.165) is 25.2 Å². The molecule has 0 bridgehead atoms. The van der Waals surface area contributed by atoms with Crippen molar-refractivity contribution in [1.29, 1.82) is 0 Å². The summed E-state index contributed by atoms with van der Waals surface area (Å²) in [5.74, 6) is 1.03. The highest BCUT2D eigenvalue weighted by molar-refractivity contribution is 7.98. The fraction of sp³-hybridized carbons (Fsp3) is 0.625. The van der Waals surface area contributed by atoms with Crippen LogP contribution in [0.2, 0.25) is 0 Å². The molecule has 0 saturated heterocycles. The van der Waals surface area contributed by atoms with Gasteiger partial charge in [-0.15, -0.1) is 11.8 Å². The Morgan fingerprint density at radius 1 is 1.22 bits per heavy atom. The summed E-state index contributed by atoms with van der Waals surface area (Å²) in [7, 11) is 0. The Hall–Kier alpha value is -0.630. The van der Waals surface area contributed by atoms with E-state index in [4.69, 9.17) is 4.74 Å². The maximum absolute atomic E-state index is 5.85. The third kappa shape index (κ3) is 3.94. The minimum Gasteiger partial charge on any atom is -0.492 e. The van der Waals surface area contributed by atoms with Crippen molar-refractivity contribution in [2.45, 2.75) is 57.3 Å². The molecule has 1 aromatic rings. The standard InChI is InChI=1S/C16H26OS/c1-6-8-11-17-14-10-9-13(12-15(14)18-5)16(3,4)7-2/h9-10,12H,6-8,11H2,1-5H3. The smallest absolute Gasteiger partial charge is 0.132 e. The molecular weight excluding hydrogens is 240 g/mol. The highest BCUT2D eigenvalue weighted by Crippen LogP contribution is 2.34. The average molecular weight is 266 g/mol. The summed E-state index contributed by atoms with van der Waals surface area (Å²) in [6.45, 7) is 9.84.